The van der Waals surface area contributed by atoms with Crippen molar-refractivity contribution < 1.29 is 0 Å². The topological polar surface area (TPSA) is 3.24 Å². The standard InChI is InChI=1S/C14H27N/c1-12-10-13(11-15(4)5)8-6-7-9-14(12,2)3/h6-7,12-13H,8-11H2,1-5H3. The van der Waals surface area contributed by atoms with Gasteiger partial charge in [0.15, 0.2) is 0 Å². The number of nitrogens with zero attached hydrogens (tertiary/aromatic N) is 1. The number of rotatable bonds is 2. The summed E-state index contributed by atoms with van der Waals surface area (Å²) >= 11 is 0. The zero-order chi connectivity index (χ0) is 11.5. The molecule has 0 bridgehead atoms. The van der Waals surface area contributed by atoms with Crippen molar-refractivity contribution in [2.24, 2.45) is 17.3 Å². The molecule has 0 aliphatic heterocycles. The fourth-order valence-corrected chi connectivity index (χ4v) is 2.46. The van der Waals surface area contributed by atoms with Crippen molar-refractivity contribution in [3.05, 3.63) is 12.2 Å². The molecule has 0 heterocycles. The highest BCUT2D eigenvalue weighted by Crippen LogP contribution is 2.37. The van der Waals surface area contributed by atoms with E-state index < -0.39 is 0 Å². The van der Waals surface area contributed by atoms with E-state index in [0.717, 1.165) is 11.8 Å². The maximum atomic E-state index is 2.42. The van der Waals surface area contributed by atoms with Gasteiger partial charge in [-0.15, -0.1) is 0 Å². The predicted molar refractivity (Wildman–Crippen MR) is 68.0 cm³/mol. The molecule has 0 radical (unpaired) electrons. The van der Waals surface area contributed by atoms with Gasteiger partial charge in [-0.05, 0) is 50.6 Å². The van der Waals surface area contributed by atoms with Gasteiger partial charge in [-0.25, -0.2) is 0 Å². The SMILES string of the molecule is CC1CC(CN(C)C)CC=CCC1(C)C. The van der Waals surface area contributed by atoms with E-state index in [1.165, 1.54) is 25.8 Å². The van der Waals surface area contributed by atoms with Crippen molar-refractivity contribution in [1.82, 2.24) is 4.90 Å². The van der Waals surface area contributed by atoms with Crippen LogP contribution in [-0.4, -0.2) is 25.5 Å². The lowest BCUT2D eigenvalue weighted by atomic mass is 9.71. The van der Waals surface area contributed by atoms with Crippen LogP contribution in [0.5, 0.6) is 0 Å². The monoisotopic (exact) mass is 209 g/mol. The van der Waals surface area contributed by atoms with Gasteiger partial charge in [-0.2, -0.15) is 0 Å². The predicted octanol–water partition coefficient (Wildman–Crippen LogP) is 3.57. The third kappa shape index (κ3) is 3.98. The number of allylic oxidation sites excluding steroid dienone is 2. The summed E-state index contributed by atoms with van der Waals surface area (Å²) in [7, 11) is 4.36. The summed E-state index contributed by atoms with van der Waals surface area (Å²) in [6, 6.07) is 0. The first-order valence-electron chi connectivity index (χ1n) is 6.21. The Morgan fingerprint density at radius 2 is 1.93 bits per heavy atom. The molecule has 1 nitrogen and oxygen atoms in total. The minimum Gasteiger partial charge on any atom is -0.309 e. The van der Waals surface area contributed by atoms with Gasteiger partial charge < -0.3 is 4.90 Å². The second-order valence-electron chi connectivity index (χ2n) is 6.16. The second kappa shape index (κ2) is 5.16. The quantitative estimate of drug-likeness (QED) is 0.628. The van der Waals surface area contributed by atoms with Crippen LogP contribution in [0.1, 0.15) is 40.0 Å². The molecule has 2 atom stereocenters. The summed E-state index contributed by atoms with van der Waals surface area (Å²) in [6.45, 7) is 8.45. The maximum Gasteiger partial charge on any atom is 0.000662 e. The molecular weight excluding hydrogens is 182 g/mol. The molecule has 88 valence electrons. The van der Waals surface area contributed by atoms with Crippen molar-refractivity contribution >= 4 is 0 Å². The van der Waals surface area contributed by atoms with Gasteiger partial charge in [0.25, 0.3) is 0 Å². The van der Waals surface area contributed by atoms with E-state index in [4.69, 9.17) is 0 Å². The van der Waals surface area contributed by atoms with Gasteiger partial charge in [0, 0.05) is 6.54 Å². The Morgan fingerprint density at radius 1 is 1.27 bits per heavy atom. The van der Waals surface area contributed by atoms with Crippen LogP contribution < -0.4 is 0 Å². The van der Waals surface area contributed by atoms with Crippen molar-refractivity contribution in [1.29, 1.82) is 0 Å². The molecule has 0 amide bonds. The van der Waals surface area contributed by atoms with E-state index in [0.29, 0.717) is 5.41 Å². The minimum absolute atomic E-state index is 0.474. The lowest BCUT2D eigenvalue weighted by Crippen LogP contribution is -2.29. The van der Waals surface area contributed by atoms with Crippen molar-refractivity contribution in [2.75, 3.05) is 20.6 Å². The summed E-state index contributed by atoms with van der Waals surface area (Å²) in [5, 5.41) is 0. The molecule has 1 rings (SSSR count). The smallest absolute Gasteiger partial charge is 0.000662 e. The summed E-state index contributed by atoms with van der Waals surface area (Å²) in [6.07, 6.45) is 8.65. The Kier molecular flexibility index (Phi) is 4.39. The third-order valence-corrected chi connectivity index (χ3v) is 3.92. The van der Waals surface area contributed by atoms with Gasteiger partial charge in [-0.3, -0.25) is 0 Å². The summed E-state index contributed by atoms with van der Waals surface area (Å²) in [4.78, 5) is 2.32. The Balaban J connectivity index is 2.63. The molecule has 0 aromatic carbocycles. The van der Waals surface area contributed by atoms with Crippen LogP contribution in [0.3, 0.4) is 0 Å². The average molecular weight is 209 g/mol. The van der Waals surface area contributed by atoms with E-state index in [1.807, 2.05) is 0 Å². The molecule has 0 N–H and O–H groups in total. The van der Waals surface area contributed by atoms with Crippen LogP contribution in [0.25, 0.3) is 0 Å². The van der Waals surface area contributed by atoms with Crippen LogP contribution in [-0.2, 0) is 0 Å². The molecule has 15 heavy (non-hydrogen) atoms. The molecule has 0 aromatic rings. The zero-order valence-corrected chi connectivity index (χ0v) is 11.1. The lowest BCUT2D eigenvalue weighted by molar-refractivity contribution is 0.172. The highest BCUT2D eigenvalue weighted by atomic mass is 15.1. The zero-order valence-electron chi connectivity index (χ0n) is 11.1. The normalized spacial score (nSPS) is 31.3. The Labute approximate surface area is 95.5 Å². The molecule has 0 fully saturated rings. The van der Waals surface area contributed by atoms with E-state index in [9.17, 15) is 0 Å². The largest absolute Gasteiger partial charge is 0.309 e. The van der Waals surface area contributed by atoms with Crippen molar-refractivity contribution in [3.8, 4) is 0 Å². The highest BCUT2D eigenvalue weighted by Gasteiger charge is 2.28. The first-order chi connectivity index (χ1) is 6.92. The second-order valence-corrected chi connectivity index (χ2v) is 6.16. The first-order valence-corrected chi connectivity index (χ1v) is 6.21. The van der Waals surface area contributed by atoms with Crippen LogP contribution in [0.2, 0.25) is 0 Å². The highest BCUT2D eigenvalue weighted by molar-refractivity contribution is 4.94. The van der Waals surface area contributed by atoms with Crippen LogP contribution in [0.4, 0.5) is 0 Å². The minimum atomic E-state index is 0.474. The van der Waals surface area contributed by atoms with Gasteiger partial charge in [0.1, 0.15) is 0 Å². The van der Waals surface area contributed by atoms with E-state index in [-0.39, 0.29) is 0 Å². The molecule has 2 unspecified atom stereocenters. The van der Waals surface area contributed by atoms with Crippen LogP contribution in [0, 0.1) is 17.3 Å². The van der Waals surface area contributed by atoms with E-state index >= 15 is 0 Å². The molecular formula is C14H27N. The van der Waals surface area contributed by atoms with E-state index in [1.54, 1.807) is 0 Å². The Hall–Kier alpha value is -0.300. The van der Waals surface area contributed by atoms with Gasteiger partial charge in [0.05, 0.1) is 0 Å². The molecule has 1 heteroatoms. The fraction of sp³-hybridized carbons (Fsp3) is 0.857. The summed E-state index contributed by atoms with van der Waals surface area (Å²) in [5.41, 5.74) is 0.474. The summed E-state index contributed by atoms with van der Waals surface area (Å²) < 4.78 is 0. The van der Waals surface area contributed by atoms with Crippen LogP contribution in [0.15, 0.2) is 12.2 Å². The fourth-order valence-electron chi connectivity index (χ4n) is 2.46. The first kappa shape index (κ1) is 12.8. The van der Waals surface area contributed by atoms with Crippen LogP contribution >= 0.6 is 0 Å². The molecule has 1 aliphatic carbocycles. The third-order valence-electron chi connectivity index (χ3n) is 3.92. The molecule has 0 aromatic heterocycles. The lowest BCUT2D eigenvalue weighted by Gasteiger charge is -2.35. The molecule has 1 aliphatic rings. The molecule has 0 saturated heterocycles. The van der Waals surface area contributed by atoms with Gasteiger partial charge in [0.2, 0.25) is 0 Å². The summed E-state index contributed by atoms with van der Waals surface area (Å²) in [5.74, 6) is 1.67. The van der Waals surface area contributed by atoms with Gasteiger partial charge in [-0.1, -0.05) is 32.9 Å². The maximum absolute atomic E-state index is 2.42. The van der Waals surface area contributed by atoms with Gasteiger partial charge >= 0.3 is 0 Å². The number of hydrogen-bond donors (Lipinski definition) is 0. The van der Waals surface area contributed by atoms with Crippen molar-refractivity contribution in [2.45, 2.75) is 40.0 Å². The molecule has 0 spiro atoms. The number of hydrogen-bond acceptors (Lipinski definition) is 1. The Bertz CT molecular complexity index is 215. The Morgan fingerprint density at radius 3 is 2.53 bits per heavy atom. The van der Waals surface area contributed by atoms with Crippen molar-refractivity contribution in [3.63, 3.8) is 0 Å². The van der Waals surface area contributed by atoms with E-state index in [2.05, 4.69) is 51.9 Å². The molecule has 0 saturated carbocycles. The average Bonchev–Trinajstić information content (AvgIpc) is 2.09.